The van der Waals surface area contributed by atoms with Crippen LogP contribution in [0.15, 0.2) is 24.2 Å². The van der Waals surface area contributed by atoms with Crippen LogP contribution in [-0.4, -0.2) is 6.29 Å². The van der Waals surface area contributed by atoms with Crippen molar-refractivity contribution in [3.63, 3.8) is 0 Å². The summed E-state index contributed by atoms with van der Waals surface area (Å²) in [4.78, 5) is 10.1. The first kappa shape index (κ1) is 7.75. The number of nitrogens with two attached hydrogens (primary N) is 1. The van der Waals surface area contributed by atoms with Crippen LogP contribution in [0, 0.1) is 0 Å². The highest BCUT2D eigenvalue weighted by molar-refractivity contribution is 5.73. The molecule has 0 unspecified atom stereocenters. The molecular formula is C6H10N2O. The maximum absolute atomic E-state index is 10.1. The van der Waals surface area contributed by atoms with Gasteiger partial charge in [0.25, 0.3) is 0 Å². The number of rotatable bonds is 3. The van der Waals surface area contributed by atoms with Crippen LogP contribution in [0.5, 0.6) is 0 Å². The van der Waals surface area contributed by atoms with Crippen LogP contribution in [0.3, 0.4) is 0 Å². The molecule has 0 rings (SSSR count). The molecule has 0 aliphatic carbocycles. The summed E-state index contributed by atoms with van der Waals surface area (Å²) in [6.45, 7) is 5.01. The molecule has 0 saturated heterocycles. The van der Waals surface area contributed by atoms with Gasteiger partial charge in [-0.25, -0.2) is 0 Å². The summed E-state index contributed by atoms with van der Waals surface area (Å²) < 4.78 is 0. The Kier molecular flexibility index (Phi) is 3.20. The summed E-state index contributed by atoms with van der Waals surface area (Å²) in [6.07, 6.45) is 2.05. The van der Waals surface area contributed by atoms with E-state index in [-0.39, 0.29) is 0 Å². The third kappa shape index (κ3) is 2.54. The maximum Gasteiger partial charge on any atom is 0.168 e. The third-order valence-corrected chi connectivity index (χ3v) is 0.800. The first-order chi connectivity index (χ1) is 4.22. The van der Waals surface area contributed by atoms with Gasteiger partial charge in [-0.15, -0.1) is 0 Å². The Morgan fingerprint density at radius 1 is 1.78 bits per heavy atom. The molecule has 3 nitrogen and oxygen atoms in total. The van der Waals surface area contributed by atoms with E-state index in [1.165, 1.54) is 6.20 Å². The lowest BCUT2D eigenvalue weighted by molar-refractivity contribution is -0.105. The fraction of sp³-hybridized carbons (Fsp3) is 0.167. The van der Waals surface area contributed by atoms with E-state index in [2.05, 4.69) is 11.9 Å². The van der Waals surface area contributed by atoms with Crippen LogP contribution in [0.25, 0.3) is 0 Å². The van der Waals surface area contributed by atoms with E-state index in [0.29, 0.717) is 17.7 Å². The van der Waals surface area contributed by atoms with Crippen molar-refractivity contribution < 1.29 is 4.79 Å². The molecule has 0 aromatic carbocycles. The molecule has 3 heteroatoms. The molecule has 50 valence electrons. The predicted molar refractivity (Wildman–Crippen MR) is 36.3 cm³/mol. The van der Waals surface area contributed by atoms with Crippen molar-refractivity contribution in [3.05, 3.63) is 24.2 Å². The molecule has 0 aromatic heterocycles. The Morgan fingerprint density at radius 2 is 2.33 bits per heavy atom. The minimum atomic E-state index is 0.366. The van der Waals surface area contributed by atoms with E-state index in [1.807, 2.05) is 0 Å². The summed E-state index contributed by atoms with van der Waals surface area (Å²) >= 11 is 0. The quantitative estimate of drug-likeness (QED) is 0.417. The summed E-state index contributed by atoms with van der Waals surface area (Å²) in [5.41, 5.74) is 6.10. The zero-order valence-electron chi connectivity index (χ0n) is 5.35. The van der Waals surface area contributed by atoms with Crippen molar-refractivity contribution in [2.24, 2.45) is 5.73 Å². The van der Waals surface area contributed by atoms with Crippen LogP contribution in [0.4, 0.5) is 0 Å². The van der Waals surface area contributed by atoms with Gasteiger partial charge in [-0.3, -0.25) is 4.79 Å². The first-order valence-corrected chi connectivity index (χ1v) is 2.51. The molecule has 0 fully saturated rings. The molecule has 0 saturated carbocycles. The molecule has 0 aliphatic heterocycles. The lowest BCUT2D eigenvalue weighted by Crippen LogP contribution is -2.11. The van der Waals surface area contributed by atoms with Gasteiger partial charge in [0.2, 0.25) is 0 Å². The normalized spacial score (nSPS) is 11.7. The predicted octanol–water partition coefficient (Wildman–Crippen LogP) is 0.109. The van der Waals surface area contributed by atoms with Crippen LogP contribution in [0.2, 0.25) is 0 Å². The van der Waals surface area contributed by atoms with Crippen molar-refractivity contribution in [3.8, 4) is 0 Å². The summed E-state index contributed by atoms with van der Waals surface area (Å²) in [5.74, 6) is 0. The molecule has 0 amide bonds. The van der Waals surface area contributed by atoms with Crippen molar-refractivity contribution in [1.29, 1.82) is 0 Å². The highest BCUT2D eigenvalue weighted by atomic mass is 16.1. The molecule has 0 aliphatic rings. The highest BCUT2D eigenvalue weighted by Gasteiger charge is 1.91. The van der Waals surface area contributed by atoms with Gasteiger partial charge in [-0.05, 0) is 13.1 Å². The molecule has 0 aromatic rings. The molecule has 0 bridgehead atoms. The fourth-order valence-electron chi connectivity index (χ4n) is 0.351. The van der Waals surface area contributed by atoms with E-state index in [9.17, 15) is 4.79 Å². The minimum Gasteiger partial charge on any atom is -0.401 e. The van der Waals surface area contributed by atoms with Crippen molar-refractivity contribution in [1.82, 2.24) is 5.32 Å². The molecular weight excluding hydrogens is 116 g/mol. The lowest BCUT2D eigenvalue weighted by atomic mass is 10.4. The summed E-state index contributed by atoms with van der Waals surface area (Å²) in [6, 6.07) is 0. The van der Waals surface area contributed by atoms with Gasteiger partial charge in [0, 0.05) is 5.70 Å². The average Bonchev–Trinajstić information content (AvgIpc) is 1.82. The van der Waals surface area contributed by atoms with Gasteiger partial charge in [-0.1, -0.05) is 6.58 Å². The van der Waals surface area contributed by atoms with Gasteiger partial charge in [0.05, 0.1) is 5.70 Å². The van der Waals surface area contributed by atoms with E-state index in [0.717, 1.165) is 0 Å². The first-order valence-electron chi connectivity index (χ1n) is 2.51. The second kappa shape index (κ2) is 3.72. The van der Waals surface area contributed by atoms with Crippen LogP contribution in [-0.2, 0) is 4.79 Å². The Balaban J connectivity index is 4.14. The van der Waals surface area contributed by atoms with Gasteiger partial charge >= 0.3 is 0 Å². The largest absolute Gasteiger partial charge is 0.401 e. The number of carbonyl (C=O) groups excluding carboxylic acids is 1. The summed E-state index contributed by atoms with van der Waals surface area (Å²) in [5, 5.41) is 2.58. The number of carbonyl (C=O) groups is 1. The fourth-order valence-corrected chi connectivity index (χ4v) is 0.351. The third-order valence-electron chi connectivity index (χ3n) is 0.800. The maximum atomic E-state index is 10.1. The van der Waals surface area contributed by atoms with Gasteiger partial charge in [0.1, 0.15) is 0 Å². The molecule has 0 heterocycles. The highest BCUT2D eigenvalue weighted by Crippen LogP contribution is 1.87. The van der Waals surface area contributed by atoms with Crippen LogP contribution < -0.4 is 11.1 Å². The standard InChI is InChI=1S/C6H10N2O/c1-3-8-6(4-9)5(2)7/h3-4,8H,1,7H2,2H3/b6-5-. The van der Waals surface area contributed by atoms with Crippen molar-refractivity contribution in [2.75, 3.05) is 0 Å². The van der Waals surface area contributed by atoms with Gasteiger partial charge in [0.15, 0.2) is 6.29 Å². The number of nitrogens with one attached hydrogen (secondary N) is 1. The average molecular weight is 126 g/mol. The van der Waals surface area contributed by atoms with Crippen LogP contribution in [0.1, 0.15) is 6.92 Å². The second-order valence-electron chi connectivity index (χ2n) is 1.56. The van der Waals surface area contributed by atoms with E-state index in [4.69, 9.17) is 5.73 Å². The Hall–Kier alpha value is -1.25. The monoisotopic (exact) mass is 126 g/mol. The molecule has 0 radical (unpaired) electrons. The van der Waals surface area contributed by atoms with E-state index >= 15 is 0 Å². The zero-order valence-corrected chi connectivity index (χ0v) is 5.35. The number of hydrogen-bond acceptors (Lipinski definition) is 3. The molecule has 0 spiro atoms. The smallest absolute Gasteiger partial charge is 0.168 e. The SMILES string of the molecule is C=CN/C(C=O)=C(/C)N. The zero-order chi connectivity index (χ0) is 7.28. The minimum absolute atomic E-state index is 0.366. The van der Waals surface area contributed by atoms with E-state index in [1.54, 1.807) is 6.92 Å². The van der Waals surface area contributed by atoms with Crippen molar-refractivity contribution in [2.45, 2.75) is 6.92 Å². The molecule has 3 N–H and O–H groups in total. The molecule has 0 atom stereocenters. The van der Waals surface area contributed by atoms with Crippen molar-refractivity contribution >= 4 is 6.29 Å². The Labute approximate surface area is 54.2 Å². The lowest BCUT2D eigenvalue weighted by Gasteiger charge is -1.98. The van der Waals surface area contributed by atoms with Gasteiger partial charge in [-0.2, -0.15) is 0 Å². The Morgan fingerprint density at radius 3 is 2.44 bits per heavy atom. The Bertz CT molecular complexity index is 145. The number of allylic oxidation sites excluding steroid dienone is 2. The van der Waals surface area contributed by atoms with Gasteiger partial charge < -0.3 is 11.1 Å². The number of aldehydes is 1. The number of hydrogen-bond donors (Lipinski definition) is 2. The summed E-state index contributed by atoms with van der Waals surface area (Å²) in [7, 11) is 0. The van der Waals surface area contributed by atoms with E-state index < -0.39 is 0 Å². The van der Waals surface area contributed by atoms with Crippen LogP contribution >= 0.6 is 0 Å². The molecule has 9 heavy (non-hydrogen) atoms. The topological polar surface area (TPSA) is 55.1 Å². The second-order valence-corrected chi connectivity index (χ2v) is 1.56.